The van der Waals surface area contributed by atoms with Crippen LogP contribution in [0.3, 0.4) is 0 Å². The van der Waals surface area contributed by atoms with E-state index in [0.717, 1.165) is 9.90 Å². The Kier molecular flexibility index (Phi) is 2.93. The van der Waals surface area contributed by atoms with E-state index in [9.17, 15) is 4.79 Å². The zero-order chi connectivity index (χ0) is 11.0. The molecule has 1 saturated carbocycles. The van der Waals surface area contributed by atoms with Crippen molar-refractivity contribution in [3.8, 4) is 0 Å². The second-order valence-corrected chi connectivity index (χ2v) is 5.52. The SMILES string of the molecule is CSc1c(NC2CC2)sc(C(C)=O)c1N. The lowest BCUT2D eigenvalue weighted by Crippen LogP contribution is -1.99. The number of nitrogen functional groups attached to an aromatic ring is 1. The van der Waals surface area contributed by atoms with Crippen LogP contribution < -0.4 is 11.1 Å². The second kappa shape index (κ2) is 4.06. The first kappa shape index (κ1) is 10.8. The first-order valence-electron chi connectivity index (χ1n) is 4.87. The van der Waals surface area contributed by atoms with E-state index in [1.165, 1.54) is 24.2 Å². The summed E-state index contributed by atoms with van der Waals surface area (Å²) in [5, 5.41) is 4.48. The lowest BCUT2D eigenvalue weighted by atomic mass is 10.3. The maximum Gasteiger partial charge on any atom is 0.171 e. The van der Waals surface area contributed by atoms with Crippen molar-refractivity contribution in [2.24, 2.45) is 0 Å². The third-order valence-corrected chi connectivity index (χ3v) is 4.54. The molecule has 0 atom stereocenters. The topological polar surface area (TPSA) is 55.1 Å². The number of anilines is 2. The third kappa shape index (κ3) is 2.13. The molecule has 0 unspecified atom stereocenters. The minimum atomic E-state index is 0.0525. The molecule has 1 aromatic rings. The normalized spacial score (nSPS) is 15.3. The van der Waals surface area contributed by atoms with Crippen LogP contribution in [0.2, 0.25) is 0 Å². The number of thioether (sulfide) groups is 1. The predicted molar refractivity (Wildman–Crippen MR) is 67.2 cm³/mol. The summed E-state index contributed by atoms with van der Waals surface area (Å²) < 4.78 is 0. The Morgan fingerprint density at radius 3 is 2.73 bits per heavy atom. The van der Waals surface area contributed by atoms with Crippen molar-refractivity contribution in [2.75, 3.05) is 17.3 Å². The number of rotatable bonds is 4. The van der Waals surface area contributed by atoms with Gasteiger partial charge in [0.1, 0.15) is 5.00 Å². The van der Waals surface area contributed by atoms with Crippen molar-refractivity contribution in [3.63, 3.8) is 0 Å². The molecule has 82 valence electrons. The number of hydrogen-bond donors (Lipinski definition) is 2. The summed E-state index contributed by atoms with van der Waals surface area (Å²) in [6.07, 6.45) is 4.43. The molecule has 0 aliphatic heterocycles. The highest BCUT2D eigenvalue weighted by Crippen LogP contribution is 2.43. The fourth-order valence-corrected chi connectivity index (χ4v) is 3.40. The summed E-state index contributed by atoms with van der Waals surface area (Å²) in [6.45, 7) is 1.56. The third-order valence-electron chi connectivity index (χ3n) is 2.34. The number of hydrogen-bond acceptors (Lipinski definition) is 5. The largest absolute Gasteiger partial charge is 0.396 e. The Balaban J connectivity index is 2.34. The van der Waals surface area contributed by atoms with Crippen molar-refractivity contribution in [3.05, 3.63) is 4.88 Å². The highest BCUT2D eigenvalue weighted by atomic mass is 32.2. The van der Waals surface area contributed by atoms with Gasteiger partial charge in [-0.25, -0.2) is 0 Å². The van der Waals surface area contributed by atoms with Gasteiger partial charge in [0.2, 0.25) is 0 Å². The van der Waals surface area contributed by atoms with Gasteiger partial charge in [-0.2, -0.15) is 0 Å². The Bertz CT molecular complexity index is 396. The van der Waals surface area contributed by atoms with E-state index in [1.54, 1.807) is 18.7 Å². The number of ketones is 1. The van der Waals surface area contributed by atoms with Gasteiger partial charge in [0.25, 0.3) is 0 Å². The second-order valence-electron chi connectivity index (χ2n) is 3.68. The van der Waals surface area contributed by atoms with Gasteiger partial charge in [0.15, 0.2) is 5.78 Å². The highest BCUT2D eigenvalue weighted by molar-refractivity contribution is 7.99. The molecule has 15 heavy (non-hydrogen) atoms. The van der Waals surface area contributed by atoms with Gasteiger partial charge in [0.05, 0.1) is 15.5 Å². The van der Waals surface area contributed by atoms with Gasteiger partial charge in [0, 0.05) is 13.0 Å². The Labute approximate surface area is 97.4 Å². The smallest absolute Gasteiger partial charge is 0.171 e. The minimum absolute atomic E-state index is 0.0525. The molecule has 1 aliphatic carbocycles. The van der Waals surface area contributed by atoms with Crippen LogP contribution in [0.25, 0.3) is 0 Å². The number of nitrogens with one attached hydrogen (secondary N) is 1. The van der Waals surface area contributed by atoms with Crippen LogP contribution in [0, 0.1) is 0 Å². The van der Waals surface area contributed by atoms with E-state index >= 15 is 0 Å². The molecule has 3 N–H and O–H groups in total. The molecular formula is C10H14N2OS2. The zero-order valence-electron chi connectivity index (χ0n) is 8.79. The molecule has 0 radical (unpaired) electrons. The molecule has 5 heteroatoms. The molecule has 1 aliphatic rings. The van der Waals surface area contributed by atoms with Crippen LogP contribution in [0.5, 0.6) is 0 Å². The van der Waals surface area contributed by atoms with Gasteiger partial charge in [-0.3, -0.25) is 4.79 Å². The van der Waals surface area contributed by atoms with Crippen molar-refractivity contribution < 1.29 is 4.79 Å². The van der Waals surface area contributed by atoms with Crippen LogP contribution in [0.15, 0.2) is 4.90 Å². The van der Waals surface area contributed by atoms with E-state index < -0.39 is 0 Å². The minimum Gasteiger partial charge on any atom is -0.396 e. The molecule has 0 saturated heterocycles. The first-order valence-corrected chi connectivity index (χ1v) is 6.91. The number of Topliss-reactive ketones (excluding diaryl/α,β-unsaturated/α-hetero) is 1. The van der Waals surface area contributed by atoms with Gasteiger partial charge < -0.3 is 11.1 Å². The zero-order valence-corrected chi connectivity index (χ0v) is 10.4. The molecule has 0 amide bonds. The summed E-state index contributed by atoms with van der Waals surface area (Å²) >= 11 is 3.08. The van der Waals surface area contributed by atoms with E-state index in [-0.39, 0.29) is 5.78 Å². The van der Waals surface area contributed by atoms with Crippen LogP contribution >= 0.6 is 23.1 Å². The van der Waals surface area contributed by atoms with Crippen LogP contribution in [-0.2, 0) is 0 Å². The monoisotopic (exact) mass is 242 g/mol. The van der Waals surface area contributed by atoms with E-state index in [2.05, 4.69) is 5.32 Å². The quantitative estimate of drug-likeness (QED) is 0.629. The fraction of sp³-hybridized carbons (Fsp3) is 0.500. The molecule has 3 nitrogen and oxygen atoms in total. The molecule has 1 fully saturated rings. The Hall–Kier alpha value is -0.680. The number of nitrogens with two attached hydrogens (primary N) is 1. The first-order chi connectivity index (χ1) is 7.13. The summed E-state index contributed by atoms with van der Waals surface area (Å²) in [4.78, 5) is 13.1. The summed E-state index contributed by atoms with van der Waals surface area (Å²) in [6, 6.07) is 0.591. The average Bonchev–Trinajstić information content (AvgIpc) is 2.91. The molecule has 0 bridgehead atoms. The fourth-order valence-electron chi connectivity index (χ4n) is 1.40. The van der Waals surface area contributed by atoms with Gasteiger partial charge in [-0.1, -0.05) is 0 Å². The molecule has 2 rings (SSSR count). The van der Waals surface area contributed by atoms with Gasteiger partial charge in [-0.15, -0.1) is 23.1 Å². The van der Waals surface area contributed by atoms with Gasteiger partial charge >= 0.3 is 0 Å². The molecule has 0 spiro atoms. The number of thiophene rings is 1. The highest BCUT2D eigenvalue weighted by Gasteiger charge is 2.25. The Morgan fingerprint density at radius 1 is 1.60 bits per heavy atom. The van der Waals surface area contributed by atoms with Crippen LogP contribution in [0.4, 0.5) is 10.7 Å². The lowest BCUT2D eigenvalue weighted by molar-refractivity contribution is 0.102. The molecular weight excluding hydrogens is 228 g/mol. The van der Waals surface area contributed by atoms with Crippen molar-refractivity contribution in [1.82, 2.24) is 0 Å². The summed E-state index contributed by atoms with van der Waals surface area (Å²) in [5.41, 5.74) is 6.58. The maximum absolute atomic E-state index is 11.3. The average molecular weight is 242 g/mol. The van der Waals surface area contributed by atoms with Crippen LogP contribution in [0.1, 0.15) is 29.4 Å². The van der Waals surface area contributed by atoms with Gasteiger partial charge in [-0.05, 0) is 19.1 Å². The van der Waals surface area contributed by atoms with Crippen molar-refractivity contribution >= 4 is 39.6 Å². The lowest BCUT2D eigenvalue weighted by Gasteiger charge is -2.03. The predicted octanol–water partition coefficient (Wildman–Crippen LogP) is 2.83. The summed E-state index contributed by atoms with van der Waals surface area (Å²) in [5.74, 6) is 0.0525. The van der Waals surface area contributed by atoms with E-state index in [0.29, 0.717) is 16.6 Å². The number of carbonyl (C=O) groups excluding carboxylic acids is 1. The van der Waals surface area contributed by atoms with E-state index in [1.807, 2.05) is 6.26 Å². The van der Waals surface area contributed by atoms with E-state index in [4.69, 9.17) is 5.73 Å². The molecule has 1 heterocycles. The number of carbonyl (C=O) groups is 1. The van der Waals surface area contributed by atoms with Crippen molar-refractivity contribution in [1.29, 1.82) is 0 Å². The standard InChI is InChI=1S/C10H14N2OS2/c1-5(13)8-7(11)9(14-2)10(15-8)12-6-3-4-6/h6,12H,3-4,11H2,1-2H3. The molecule has 1 aromatic heterocycles. The molecule has 0 aromatic carbocycles. The van der Waals surface area contributed by atoms with Crippen molar-refractivity contribution in [2.45, 2.75) is 30.7 Å². The summed E-state index contributed by atoms with van der Waals surface area (Å²) in [7, 11) is 0. The Morgan fingerprint density at radius 2 is 2.27 bits per heavy atom. The maximum atomic E-state index is 11.3. The van der Waals surface area contributed by atoms with Crippen LogP contribution in [-0.4, -0.2) is 18.1 Å².